The Hall–Kier alpha value is -1.39. The average Bonchev–Trinajstić information content (AvgIpc) is 3.56. The normalized spacial score (nSPS) is 39.3. The molecule has 1 spiro atoms. The fourth-order valence-corrected chi connectivity index (χ4v) is 10.1. The van der Waals surface area contributed by atoms with E-state index < -0.39 is 0 Å². The number of carbonyl (C=O) groups is 3. The van der Waals surface area contributed by atoms with E-state index in [4.69, 9.17) is 4.74 Å². The molecule has 35 heavy (non-hydrogen) atoms. The monoisotopic (exact) mass is 520 g/mol. The van der Waals surface area contributed by atoms with E-state index in [1.165, 1.54) is 18.4 Å². The second-order valence-corrected chi connectivity index (χ2v) is 13.5. The molecule has 6 aliphatic rings. The smallest absolute Gasteiger partial charge is 0.331 e. The summed E-state index contributed by atoms with van der Waals surface area (Å²) in [6, 6.07) is 1.30. The molecule has 2 bridgehead atoms. The molecule has 5 heterocycles. The first-order valence-corrected chi connectivity index (χ1v) is 15.4. The van der Waals surface area contributed by atoms with E-state index in [2.05, 4.69) is 20.9 Å². The topological polar surface area (TPSA) is 99.8 Å². The number of thioether (sulfide) groups is 2. The Morgan fingerprint density at radius 1 is 1.29 bits per heavy atom. The number of nitrogens with zero attached hydrogens (tertiary/aromatic N) is 1. The second kappa shape index (κ2) is 9.82. The van der Waals surface area contributed by atoms with Crippen LogP contribution in [0.5, 0.6) is 0 Å². The van der Waals surface area contributed by atoms with Crippen molar-refractivity contribution in [3.8, 4) is 0 Å². The van der Waals surface area contributed by atoms with Crippen LogP contribution < -0.4 is 16.0 Å². The van der Waals surface area contributed by atoms with Crippen molar-refractivity contribution in [3.05, 3.63) is 11.6 Å². The first-order valence-electron chi connectivity index (χ1n) is 13.3. The van der Waals surface area contributed by atoms with Gasteiger partial charge in [-0.05, 0) is 44.2 Å². The molecule has 0 aromatic carbocycles. The molecule has 7 atom stereocenters. The largest absolute Gasteiger partial charge is 0.450 e. The third-order valence-corrected chi connectivity index (χ3v) is 11.7. The summed E-state index contributed by atoms with van der Waals surface area (Å²) in [5, 5.41) is 10.0. The predicted molar refractivity (Wildman–Crippen MR) is 137 cm³/mol. The van der Waals surface area contributed by atoms with Crippen LogP contribution >= 0.6 is 23.5 Å². The summed E-state index contributed by atoms with van der Waals surface area (Å²) < 4.78 is 5.96. The van der Waals surface area contributed by atoms with Crippen LogP contribution in [0.4, 0.5) is 4.79 Å². The lowest BCUT2D eigenvalue weighted by Crippen LogP contribution is -2.48. The first-order chi connectivity index (χ1) is 17.0. The number of carbonyl (C=O) groups excluding carboxylic acids is 3. The number of ether oxygens (including phenoxy) is 1. The van der Waals surface area contributed by atoms with Crippen molar-refractivity contribution in [3.63, 3.8) is 0 Å². The van der Waals surface area contributed by atoms with Crippen LogP contribution in [0, 0.1) is 0 Å². The van der Waals surface area contributed by atoms with Gasteiger partial charge in [-0.25, -0.2) is 9.59 Å². The molecule has 192 valence electrons. The minimum absolute atomic E-state index is 0.0411. The molecule has 1 aliphatic carbocycles. The predicted octanol–water partition coefficient (Wildman–Crippen LogP) is 2.18. The van der Waals surface area contributed by atoms with Gasteiger partial charge in [0.05, 0.1) is 18.1 Å². The Balaban J connectivity index is 0.910. The number of hydrogen-bond donors (Lipinski definition) is 3. The summed E-state index contributed by atoms with van der Waals surface area (Å²) in [5.74, 6) is 1.86. The summed E-state index contributed by atoms with van der Waals surface area (Å²) >= 11 is 3.88. The number of piperidine rings is 1. The van der Waals surface area contributed by atoms with Crippen molar-refractivity contribution in [2.24, 2.45) is 0 Å². The first kappa shape index (κ1) is 24.0. The summed E-state index contributed by atoms with van der Waals surface area (Å²) in [4.78, 5) is 38.6. The summed E-state index contributed by atoms with van der Waals surface area (Å²) in [6.07, 6.45) is 10.7. The molecule has 0 aromatic heterocycles. The quantitative estimate of drug-likeness (QED) is 0.243. The highest BCUT2D eigenvalue weighted by molar-refractivity contribution is 8.00. The van der Waals surface area contributed by atoms with Gasteiger partial charge in [0, 0.05) is 53.5 Å². The van der Waals surface area contributed by atoms with E-state index in [1.807, 2.05) is 23.5 Å². The van der Waals surface area contributed by atoms with E-state index in [1.54, 1.807) is 6.08 Å². The molecule has 1 unspecified atom stereocenters. The van der Waals surface area contributed by atoms with Gasteiger partial charge in [-0.1, -0.05) is 12.8 Å². The van der Waals surface area contributed by atoms with Crippen molar-refractivity contribution in [2.45, 2.75) is 98.1 Å². The highest BCUT2D eigenvalue weighted by Gasteiger charge is 2.63. The van der Waals surface area contributed by atoms with Gasteiger partial charge < -0.3 is 20.7 Å². The zero-order chi connectivity index (χ0) is 24.0. The van der Waals surface area contributed by atoms with Gasteiger partial charge in [-0.2, -0.15) is 23.5 Å². The molecule has 10 heteroatoms. The number of fused-ring (bicyclic) bond motifs is 4. The molecule has 3 N–H and O–H groups in total. The van der Waals surface area contributed by atoms with Crippen LogP contribution in [0.2, 0.25) is 0 Å². The molecular formula is C25H36N4O4S2. The van der Waals surface area contributed by atoms with E-state index >= 15 is 0 Å². The summed E-state index contributed by atoms with van der Waals surface area (Å²) in [5.41, 5.74) is 0.875. The number of amides is 3. The maximum atomic E-state index is 12.4. The molecule has 4 saturated heterocycles. The number of hydrogen-bond acceptors (Lipinski definition) is 7. The van der Waals surface area contributed by atoms with E-state index in [9.17, 15) is 14.4 Å². The zero-order valence-electron chi connectivity index (χ0n) is 20.1. The minimum Gasteiger partial charge on any atom is -0.450 e. The van der Waals surface area contributed by atoms with Gasteiger partial charge >= 0.3 is 12.0 Å². The van der Waals surface area contributed by atoms with Gasteiger partial charge in [0.1, 0.15) is 0 Å². The fraction of sp³-hybridized carbons (Fsp3) is 0.800. The van der Waals surface area contributed by atoms with Crippen LogP contribution in [0.15, 0.2) is 11.6 Å². The Morgan fingerprint density at radius 2 is 2.20 bits per heavy atom. The highest BCUT2D eigenvalue weighted by atomic mass is 32.2. The summed E-state index contributed by atoms with van der Waals surface area (Å²) in [7, 11) is 0. The molecule has 8 nitrogen and oxygen atoms in total. The average molecular weight is 521 g/mol. The Kier molecular flexibility index (Phi) is 6.73. The van der Waals surface area contributed by atoms with Gasteiger partial charge in [-0.3, -0.25) is 9.69 Å². The van der Waals surface area contributed by atoms with Gasteiger partial charge in [0.2, 0.25) is 5.91 Å². The lowest BCUT2D eigenvalue weighted by Gasteiger charge is -2.38. The van der Waals surface area contributed by atoms with Gasteiger partial charge in [-0.15, -0.1) is 0 Å². The lowest BCUT2D eigenvalue weighted by molar-refractivity contribution is -0.148. The zero-order valence-corrected chi connectivity index (χ0v) is 21.8. The molecule has 1 saturated carbocycles. The third-order valence-electron chi connectivity index (χ3n) is 8.83. The number of urea groups is 1. The molecule has 5 fully saturated rings. The SMILES string of the molecule is O=C(CCCC[C@@H]1SC[C@@H]2NC(=O)N[C@@H]21)NCCS[C@H]1CC2=CC(=O)OC23C[C@@H]1N1CCCC[C@@H]13. The Labute approximate surface area is 215 Å². The van der Waals surface area contributed by atoms with Crippen LogP contribution in [-0.2, 0) is 14.3 Å². The van der Waals surface area contributed by atoms with E-state index in [0.717, 1.165) is 56.6 Å². The Bertz CT molecular complexity index is 916. The molecule has 0 aromatic rings. The number of rotatable bonds is 9. The highest BCUT2D eigenvalue weighted by Crippen LogP contribution is 2.55. The number of unbranched alkanes of at least 4 members (excludes halogenated alkanes) is 1. The van der Waals surface area contributed by atoms with Crippen molar-refractivity contribution < 1.29 is 19.1 Å². The summed E-state index contributed by atoms with van der Waals surface area (Å²) in [6.45, 7) is 1.80. The van der Waals surface area contributed by atoms with Crippen LogP contribution in [-0.4, -0.2) is 87.7 Å². The van der Waals surface area contributed by atoms with Crippen LogP contribution in [0.1, 0.15) is 57.8 Å². The van der Waals surface area contributed by atoms with Crippen molar-refractivity contribution >= 4 is 41.4 Å². The molecule has 6 rings (SSSR count). The van der Waals surface area contributed by atoms with E-state index in [0.29, 0.717) is 35.5 Å². The lowest BCUT2D eigenvalue weighted by atomic mass is 9.77. The molecular weight excluding hydrogens is 484 g/mol. The maximum Gasteiger partial charge on any atom is 0.331 e. The second-order valence-electron chi connectivity index (χ2n) is 10.8. The Morgan fingerprint density at radius 3 is 3.11 bits per heavy atom. The number of nitrogens with one attached hydrogen (secondary N) is 3. The fourth-order valence-electron chi connectivity index (χ4n) is 7.27. The van der Waals surface area contributed by atoms with Crippen molar-refractivity contribution in [2.75, 3.05) is 24.6 Å². The van der Waals surface area contributed by atoms with Gasteiger partial charge in [0.25, 0.3) is 0 Å². The van der Waals surface area contributed by atoms with Crippen LogP contribution in [0.3, 0.4) is 0 Å². The van der Waals surface area contributed by atoms with Gasteiger partial charge in [0.15, 0.2) is 5.60 Å². The van der Waals surface area contributed by atoms with Crippen LogP contribution in [0.25, 0.3) is 0 Å². The standard InChI is InChI=1S/C25H36N4O4S2/c30-21(7-2-1-5-18-23-16(14-35-18)27-24(32)28-23)26-8-10-34-19-11-15-12-22(31)33-25(15)13-17(19)29-9-4-3-6-20(25)29/h12,16-20,23H,1-11,13-14H2,(H,26,30)(H2,27,28,32)/t16-,17-,18-,19-,20+,23-,25?/m0/s1. The van der Waals surface area contributed by atoms with E-state index in [-0.39, 0.29) is 35.6 Å². The molecule has 3 amide bonds. The van der Waals surface area contributed by atoms with Crippen molar-refractivity contribution in [1.29, 1.82) is 0 Å². The number of esters is 1. The van der Waals surface area contributed by atoms with Crippen molar-refractivity contribution in [1.82, 2.24) is 20.9 Å². The molecule has 0 radical (unpaired) electrons. The molecule has 5 aliphatic heterocycles. The minimum atomic E-state index is -0.342. The maximum absolute atomic E-state index is 12.4. The third kappa shape index (κ3) is 4.48.